The van der Waals surface area contributed by atoms with E-state index in [1.165, 1.54) is 57.8 Å². The number of esters is 2. The summed E-state index contributed by atoms with van der Waals surface area (Å²) >= 11 is 0. The summed E-state index contributed by atoms with van der Waals surface area (Å²) in [6, 6.07) is 0. The summed E-state index contributed by atoms with van der Waals surface area (Å²) in [5.74, 6) is -1.42. The molecular formula is C47H82O17P2. The van der Waals surface area contributed by atoms with E-state index in [2.05, 4.69) is 54.8 Å². The van der Waals surface area contributed by atoms with Gasteiger partial charge in [-0.2, -0.15) is 0 Å². The number of hydrogen-bond donors (Lipinski definition) is 8. The van der Waals surface area contributed by atoms with Gasteiger partial charge in [-0.05, 0) is 70.6 Å². The van der Waals surface area contributed by atoms with E-state index in [1.54, 1.807) is 12.2 Å². The molecule has 1 aliphatic rings. The fourth-order valence-electron chi connectivity index (χ4n) is 6.89. The Hall–Kier alpha value is -2.34. The summed E-state index contributed by atoms with van der Waals surface area (Å²) in [6.07, 6.45) is 24.8. The van der Waals surface area contributed by atoms with Crippen molar-refractivity contribution >= 4 is 27.6 Å². The summed E-state index contributed by atoms with van der Waals surface area (Å²) in [7, 11) is -10.7. The first-order valence-corrected chi connectivity index (χ1v) is 27.0. The number of allylic oxidation sites excluding steroid dienone is 9. The van der Waals surface area contributed by atoms with E-state index in [-0.39, 0.29) is 25.7 Å². The summed E-state index contributed by atoms with van der Waals surface area (Å²) in [5, 5.41) is 51.5. The topological polar surface area (TPSA) is 276 Å². The van der Waals surface area contributed by atoms with Gasteiger partial charge in [0.15, 0.2) is 6.10 Å². The fourth-order valence-corrected chi connectivity index (χ4v) is 8.43. The normalized spacial score (nSPS) is 22.5. The van der Waals surface area contributed by atoms with E-state index in [9.17, 15) is 58.9 Å². The van der Waals surface area contributed by atoms with Gasteiger partial charge in [0.25, 0.3) is 0 Å². The van der Waals surface area contributed by atoms with Crippen LogP contribution in [0.25, 0.3) is 0 Å². The fraction of sp³-hybridized carbons (Fsp3) is 0.745. The van der Waals surface area contributed by atoms with Gasteiger partial charge >= 0.3 is 27.6 Å². The minimum absolute atomic E-state index is 0.0135. The van der Waals surface area contributed by atoms with Crippen LogP contribution in [0, 0.1) is 0 Å². The highest BCUT2D eigenvalue weighted by atomic mass is 31.2. The van der Waals surface area contributed by atoms with Gasteiger partial charge in [0.1, 0.15) is 43.2 Å². The van der Waals surface area contributed by atoms with Crippen molar-refractivity contribution in [3.05, 3.63) is 60.8 Å². The predicted octanol–water partition coefficient (Wildman–Crippen LogP) is 8.03. The van der Waals surface area contributed by atoms with Gasteiger partial charge in [0.05, 0.1) is 12.7 Å². The van der Waals surface area contributed by atoms with E-state index < -0.39 is 89.6 Å². The lowest BCUT2D eigenvalue weighted by molar-refractivity contribution is -0.216. The SMILES string of the molecule is CCCCC/C=C\C/C=C\CCCCCCCC(=O)O[C@H](COC(=O)CCCC(O)/C=C/C=C/C/C=C/CCCCCCCC)COP(=O)(O)O[C@H]1C(O)C(O)C(O)[C@@H](OP(=O)(O)O)C1O. The zero-order chi connectivity index (χ0) is 49.1. The molecule has 1 fully saturated rings. The van der Waals surface area contributed by atoms with Gasteiger partial charge in [-0.25, -0.2) is 9.13 Å². The van der Waals surface area contributed by atoms with Crippen molar-refractivity contribution in [1.29, 1.82) is 0 Å². The molecule has 0 aliphatic heterocycles. The Balaban J connectivity index is 2.68. The molecule has 0 saturated heterocycles. The van der Waals surface area contributed by atoms with Gasteiger partial charge in [-0.3, -0.25) is 23.2 Å². The van der Waals surface area contributed by atoms with Crippen molar-refractivity contribution in [2.45, 2.75) is 210 Å². The van der Waals surface area contributed by atoms with Crippen LogP contribution in [0.15, 0.2) is 60.8 Å². The first-order chi connectivity index (χ1) is 31.5. The van der Waals surface area contributed by atoms with E-state index in [1.807, 2.05) is 12.2 Å². The number of ether oxygens (including phenoxy) is 2. The second-order valence-corrected chi connectivity index (χ2v) is 19.3. The number of phosphoric ester groups is 2. The molecule has 0 aromatic rings. The maximum absolute atomic E-state index is 13.0. The molecule has 17 nitrogen and oxygen atoms in total. The molecule has 1 rings (SSSR count). The zero-order valence-corrected chi connectivity index (χ0v) is 41.0. The van der Waals surface area contributed by atoms with E-state index >= 15 is 0 Å². The number of phosphoric acid groups is 2. The molecule has 8 N–H and O–H groups in total. The average molecular weight is 981 g/mol. The van der Waals surface area contributed by atoms with Gasteiger partial charge in [-0.1, -0.05) is 139 Å². The Morgan fingerprint density at radius 3 is 1.65 bits per heavy atom. The van der Waals surface area contributed by atoms with Crippen LogP contribution in [0.3, 0.4) is 0 Å². The molecule has 0 aromatic heterocycles. The van der Waals surface area contributed by atoms with Crippen LogP contribution >= 0.6 is 15.6 Å². The summed E-state index contributed by atoms with van der Waals surface area (Å²) in [5.41, 5.74) is 0. The Bertz CT molecular complexity index is 1530. The number of rotatable bonds is 39. The maximum Gasteiger partial charge on any atom is 0.472 e. The molecule has 1 saturated carbocycles. The number of unbranched alkanes of at least 4 members (excludes halogenated alkanes) is 14. The Morgan fingerprint density at radius 2 is 1.06 bits per heavy atom. The highest BCUT2D eigenvalue weighted by Crippen LogP contribution is 2.49. The predicted molar refractivity (Wildman–Crippen MR) is 252 cm³/mol. The highest BCUT2D eigenvalue weighted by Gasteiger charge is 2.54. The third kappa shape index (κ3) is 31.7. The first-order valence-electron chi connectivity index (χ1n) is 23.9. The average Bonchev–Trinajstić information content (AvgIpc) is 3.26. The Labute approximate surface area is 392 Å². The molecular weight excluding hydrogens is 898 g/mol. The number of hydrogen-bond acceptors (Lipinski definition) is 14. The van der Waals surface area contributed by atoms with E-state index in [0.29, 0.717) is 6.42 Å². The third-order valence-corrected chi connectivity index (χ3v) is 12.2. The molecule has 0 spiro atoms. The minimum Gasteiger partial charge on any atom is -0.462 e. The number of carbonyl (C=O) groups is 2. The quantitative estimate of drug-likeness (QED) is 0.00951. The van der Waals surface area contributed by atoms with Crippen LogP contribution < -0.4 is 0 Å². The first kappa shape index (κ1) is 61.7. The number of aliphatic hydroxyl groups excluding tert-OH is 5. The van der Waals surface area contributed by atoms with Gasteiger partial charge in [0.2, 0.25) is 0 Å². The zero-order valence-electron chi connectivity index (χ0n) is 39.2. The summed E-state index contributed by atoms with van der Waals surface area (Å²) in [4.78, 5) is 54.3. The molecule has 0 bridgehead atoms. The third-order valence-electron chi connectivity index (χ3n) is 10.7. The number of aliphatic hydroxyl groups is 5. The van der Waals surface area contributed by atoms with Crippen molar-refractivity contribution < 1.29 is 82.0 Å². The van der Waals surface area contributed by atoms with Gasteiger partial charge in [0, 0.05) is 12.8 Å². The number of carbonyl (C=O) groups excluding carboxylic acids is 2. The van der Waals surface area contributed by atoms with Crippen LogP contribution in [0.1, 0.15) is 162 Å². The molecule has 382 valence electrons. The van der Waals surface area contributed by atoms with Crippen molar-refractivity contribution in [1.82, 2.24) is 0 Å². The van der Waals surface area contributed by atoms with Gasteiger partial charge in [-0.15, -0.1) is 0 Å². The van der Waals surface area contributed by atoms with E-state index in [0.717, 1.165) is 57.8 Å². The standard InChI is InChI=1S/C47H82O17P2/c1-3-5-7-9-11-13-15-17-18-20-22-24-26-28-30-34-41(50)62-39(37-61-66(58,59)64-47-44(53)42(51)43(52)46(45(47)54)63-65(55,56)57)36-60-40(49)35-31-33-38(48)32-29-27-25-23-21-19-16-14-12-10-8-6-4-2/h11,13,17-19,21,25,27,29,32,38-39,42-48,51-54H,3-10,12,14-16,20,22-24,26,28,30-31,33-37H2,1-2H3,(H,58,59)(H2,55,56,57)/b13-11-,18-17-,21-19+,27-25+,32-29+/t38?,39-,42?,43?,44?,45?,46-,47+/m1/s1. The lowest BCUT2D eigenvalue weighted by Gasteiger charge is -2.43. The van der Waals surface area contributed by atoms with Crippen molar-refractivity contribution in [2.24, 2.45) is 0 Å². The Morgan fingerprint density at radius 1 is 0.561 bits per heavy atom. The second kappa shape index (κ2) is 37.5. The van der Waals surface area contributed by atoms with Crippen molar-refractivity contribution in [3.63, 3.8) is 0 Å². The molecule has 0 aromatic carbocycles. The van der Waals surface area contributed by atoms with Crippen molar-refractivity contribution in [3.8, 4) is 0 Å². The molecule has 9 atom stereocenters. The second-order valence-electron chi connectivity index (χ2n) is 16.7. The summed E-state index contributed by atoms with van der Waals surface area (Å²) in [6.45, 7) is 2.89. The summed E-state index contributed by atoms with van der Waals surface area (Å²) < 4.78 is 49.2. The van der Waals surface area contributed by atoms with Crippen LogP contribution in [0.5, 0.6) is 0 Å². The highest BCUT2D eigenvalue weighted by molar-refractivity contribution is 7.47. The molecule has 19 heteroatoms. The van der Waals surface area contributed by atoms with Crippen LogP contribution in [-0.2, 0) is 41.8 Å². The van der Waals surface area contributed by atoms with Crippen LogP contribution in [0.2, 0.25) is 0 Å². The Kier molecular flexibility index (Phi) is 35.1. The van der Waals surface area contributed by atoms with Crippen LogP contribution in [-0.4, -0.2) is 114 Å². The lowest BCUT2D eigenvalue weighted by Crippen LogP contribution is -2.64. The smallest absolute Gasteiger partial charge is 0.462 e. The van der Waals surface area contributed by atoms with Crippen molar-refractivity contribution in [2.75, 3.05) is 13.2 Å². The molecule has 6 unspecified atom stereocenters. The molecule has 0 amide bonds. The van der Waals surface area contributed by atoms with E-state index in [4.69, 9.17) is 18.5 Å². The van der Waals surface area contributed by atoms with Crippen LogP contribution in [0.4, 0.5) is 0 Å². The molecule has 1 aliphatic carbocycles. The molecule has 66 heavy (non-hydrogen) atoms. The maximum atomic E-state index is 13.0. The monoisotopic (exact) mass is 981 g/mol. The molecule has 0 radical (unpaired) electrons. The minimum atomic E-state index is -5.39. The largest absolute Gasteiger partial charge is 0.472 e. The lowest BCUT2D eigenvalue weighted by atomic mass is 9.85. The van der Waals surface area contributed by atoms with Gasteiger partial charge < -0.3 is 49.7 Å². The molecule has 0 heterocycles.